The van der Waals surface area contributed by atoms with Gasteiger partial charge in [-0.2, -0.15) is 4.39 Å². The Kier molecular flexibility index (Phi) is 9.35. The van der Waals surface area contributed by atoms with Gasteiger partial charge in [-0.3, -0.25) is 9.59 Å². The number of amides is 3. The zero-order valence-corrected chi connectivity index (χ0v) is 17.4. The van der Waals surface area contributed by atoms with Gasteiger partial charge in [0.1, 0.15) is 19.2 Å². The number of esters is 1. The van der Waals surface area contributed by atoms with Gasteiger partial charge in [0, 0.05) is 12.5 Å². The summed E-state index contributed by atoms with van der Waals surface area (Å²) in [6, 6.07) is 7.35. The predicted molar refractivity (Wildman–Crippen MR) is 107 cm³/mol. The quantitative estimate of drug-likeness (QED) is 0.154. The zero-order chi connectivity index (χ0) is 25.3. The van der Waals surface area contributed by atoms with Crippen LogP contribution in [-0.4, -0.2) is 36.5 Å². The van der Waals surface area contributed by atoms with Gasteiger partial charge in [-0.15, -0.1) is 0 Å². The number of hydrogen-bond donors (Lipinski definition) is 3. The third-order valence-electron chi connectivity index (χ3n) is 4.20. The number of alkyl carbamates (subject to hydrolysis) is 1. The third-order valence-corrected chi connectivity index (χ3v) is 4.20. The molecular weight excluding hydrogens is 466 g/mol. The van der Waals surface area contributed by atoms with Crippen LogP contribution in [0.3, 0.4) is 0 Å². The number of rotatable bonds is 10. The van der Waals surface area contributed by atoms with Crippen molar-refractivity contribution in [3.05, 3.63) is 65.2 Å². The monoisotopic (exact) mass is 485 g/mol. The van der Waals surface area contributed by atoms with Crippen LogP contribution in [0.4, 0.5) is 22.4 Å². The van der Waals surface area contributed by atoms with Gasteiger partial charge in [-0.1, -0.05) is 30.3 Å². The van der Waals surface area contributed by atoms with E-state index in [1.807, 2.05) is 5.32 Å². The fourth-order valence-electron chi connectivity index (χ4n) is 2.53. The number of carbonyl (C=O) groups excluding carboxylic acids is 4. The molecule has 182 valence electrons. The van der Waals surface area contributed by atoms with Crippen LogP contribution < -0.4 is 21.1 Å². The maximum absolute atomic E-state index is 13.6. The minimum Gasteiger partial charge on any atom is -0.445 e. The number of ether oxygens (including phenoxy) is 2. The molecule has 13 heteroatoms. The lowest BCUT2D eigenvalue weighted by atomic mass is 10.1. The van der Waals surface area contributed by atoms with E-state index < -0.39 is 65.5 Å². The van der Waals surface area contributed by atoms with Crippen molar-refractivity contribution >= 4 is 23.9 Å². The lowest BCUT2D eigenvalue weighted by molar-refractivity contribution is -0.136. The molecule has 9 nitrogen and oxygen atoms in total. The van der Waals surface area contributed by atoms with Gasteiger partial charge >= 0.3 is 12.1 Å². The van der Waals surface area contributed by atoms with Gasteiger partial charge in [0.05, 0.1) is 0 Å². The van der Waals surface area contributed by atoms with Crippen molar-refractivity contribution in [1.82, 2.24) is 10.6 Å². The second-order valence-corrected chi connectivity index (χ2v) is 6.75. The van der Waals surface area contributed by atoms with Crippen LogP contribution in [0.15, 0.2) is 36.4 Å². The Morgan fingerprint density at radius 1 is 0.971 bits per heavy atom. The fraction of sp³-hybridized carbons (Fsp3) is 0.238. The number of halogens is 4. The van der Waals surface area contributed by atoms with Crippen molar-refractivity contribution in [2.75, 3.05) is 6.54 Å². The van der Waals surface area contributed by atoms with Crippen LogP contribution in [-0.2, 0) is 25.7 Å². The van der Waals surface area contributed by atoms with E-state index in [2.05, 4.69) is 10.1 Å². The van der Waals surface area contributed by atoms with Gasteiger partial charge in [0.2, 0.25) is 23.4 Å². The lowest BCUT2D eigenvalue weighted by Gasteiger charge is -2.17. The summed E-state index contributed by atoms with van der Waals surface area (Å²) < 4.78 is 62.4. The highest BCUT2D eigenvalue weighted by molar-refractivity contribution is 5.89. The molecule has 0 saturated heterocycles. The average Bonchev–Trinajstić information content (AvgIpc) is 2.81. The Morgan fingerprint density at radius 2 is 1.65 bits per heavy atom. The minimum atomic E-state index is -2.18. The number of nitrogens with one attached hydrogen (secondary N) is 2. The van der Waals surface area contributed by atoms with Crippen LogP contribution in [0, 0.1) is 23.3 Å². The van der Waals surface area contributed by atoms with E-state index in [0.29, 0.717) is 5.56 Å². The first-order valence-electron chi connectivity index (χ1n) is 9.65. The second-order valence-electron chi connectivity index (χ2n) is 6.75. The molecule has 2 aromatic carbocycles. The van der Waals surface area contributed by atoms with Gasteiger partial charge < -0.3 is 25.8 Å². The third kappa shape index (κ3) is 7.76. The van der Waals surface area contributed by atoms with Gasteiger partial charge in [-0.05, 0) is 12.0 Å². The van der Waals surface area contributed by atoms with Crippen LogP contribution in [0.25, 0.3) is 0 Å². The molecule has 0 aromatic heterocycles. The number of carbonyl (C=O) groups is 4. The highest BCUT2D eigenvalue weighted by Gasteiger charge is 2.25. The minimum absolute atomic E-state index is 0.112. The highest BCUT2D eigenvalue weighted by Crippen LogP contribution is 2.24. The SMILES string of the molecule is NC(=O)CCC(NC(=O)OCc1ccccc1)C(=O)NCC(=O)Oc1cc(F)c(F)c(F)c1F. The van der Waals surface area contributed by atoms with E-state index in [9.17, 15) is 36.7 Å². The van der Waals surface area contributed by atoms with E-state index in [4.69, 9.17) is 10.5 Å². The van der Waals surface area contributed by atoms with Crippen molar-refractivity contribution < 1.29 is 46.2 Å². The van der Waals surface area contributed by atoms with E-state index in [0.717, 1.165) is 0 Å². The van der Waals surface area contributed by atoms with E-state index in [1.165, 1.54) is 0 Å². The molecule has 3 amide bonds. The maximum Gasteiger partial charge on any atom is 0.408 e. The summed E-state index contributed by atoms with van der Waals surface area (Å²) in [6.45, 7) is -1.04. The molecular formula is C21H19F4N3O6. The van der Waals surface area contributed by atoms with E-state index in [-0.39, 0.29) is 25.5 Å². The molecule has 0 bridgehead atoms. The summed E-state index contributed by atoms with van der Waals surface area (Å²) in [5, 5.41) is 4.26. The molecule has 4 N–H and O–H groups in total. The van der Waals surface area contributed by atoms with Crippen LogP contribution >= 0.6 is 0 Å². The molecule has 0 fully saturated rings. The topological polar surface area (TPSA) is 137 Å². The largest absolute Gasteiger partial charge is 0.445 e. The number of benzene rings is 2. The molecule has 0 saturated carbocycles. The smallest absolute Gasteiger partial charge is 0.408 e. The van der Waals surface area contributed by atoms with Gasteiger partial charge in [-0.25, -0.2) is 22.8 Å². The average molecular weight is 485 g/mol. The number of hydrogen-bond acceptors (Lipinski definition) is 6. The highest BCUT2D eigenvalue weighted by atomic mass is 19.2. The molecule has 0 spiro atoms. The first-order valence-corrected chi connectivity index (χ1v) is 9.65. The van der Waals surface area contributed by atoms with Crippen molar-refractivity contribution in [2.45, 2.75) is 25.5 Å². The normalized spacial score (nSPS) is 11.3. The molecule has 0 heterocycles. The van der Waals surface area contributed by atoms with Crippen LogP contribution in [0.2, 0.25) is 0 Å². The van der Waals surface area contributed by atoms with E-state index in [1.54, 1.807) is 30.3 Å². The van der Waals surface area contributed by atoms with Crippen LogP contribution in [0.5, 0.6) is 5.75 Å². The molecule has 0 aliphatic heterocycles. The lowest BCUT2D eigenvalue weighted by Crippen LogP contribution is -2.48. The Hall–Kier alpha value is -4.16. The molecule has 0 aliphatic rings. The zero-order valence-electron chi connectivity index (χ0n) is 17.4. The van der Waals surface area contributed by atoms with Crippen molar-refractivity contribution in [3.8, 4) is 5.75 Å². The van der Waals surface area contributed by atoms with Crippen molar-refractivity contribution in [2.24, 2.45) is 5.73 Å². The predicted octanol–water partition coefficient (Wildman–Crippen LogP) is 1.83. The molecule has 0 aliphatic carbocycles. The second kappa shape index (κ2) is 12.2. The number of nitrogens with two attached hydrogens (primary N) is 1. The molecule has 1 unspecified atom stereocenters. The standard InChI is InChI=1S/C21H19F4N3O6/c22-12-8-14(18(24)19(25)17(12)23)34-16(30)9-27-20(31)13(6-7-15(26)29)28-21(32)33-10-11-4-2-1-3-5-11/h1-5,8,13H,6-7,9-10H2,(H2,26,29)(H,27,31)(H,28,32). The Bertz CT molecular complexity index is 1070. The Morgan fingerprint density at radius 3 is 2.29 bits per heavy atom. The summed E-state index contributed by atoms with van der Waals surface area (Å²) in [4.78, 5) is 47.2. The maximum atomic E-state index is 13.6. The Balaban J connectivity index is 1.94. The van der Waals surface area contributed by atoms with Crippen LogP contribution in [0.1, 0.15) is 18.4 Å². The molecule has 0 radical (unpaired) electrons. The molecule has 2 rings (SSSR count). The summed E-state index contributed by atoms with van der Waals surface area (Å²) >= 11 is 0. The Labute approximate surface area is 190 Å². The van der Waals surface area contributed by atoms with Crippen molar-refractivity contribution in [3.63, 3.8) is 0 Å². The number of primary amides is 1. The van der Waals surface area contributed by atoms with Crippen molar-refractivity contribution in [1.29, 1.82) is 0 Å². The summed E-state index contributed by atoms with van der Waals surface area (Å²) in [6.07, 6.45) is -1.56. The van der Waals surface area contributed by atoms with Gasteiger partial charge in [0.15, 0.2) is 17.4 Å². The first-order chi connectivity index (χ1) is 16.1. The summed E-state index contributed by atoms with van der Waals surface area (Å²) in [5.41, 5.74) is 5.72. The summed E-state index contributed by atoms with van der Waals surface area (Å²) in [7, 11) is 0. The fourth-order valence-corrected chi connectivity index (χ4v) is 2.53. The molecule has 2 aromatic rings. The van der Waals surface area contributed by atoms with E-state index >= 15 is 0 Å². The molecule has 34 heavy (non-hydrogen) atoms. The molecule has 1 atom stereocenters. The summed E-state index contributed by atoms with van der Waals surface area (Å²) in [5.74, 6) is -12.3. The first kappa shape index (κ1) is 26.1. The van der Waals surface area contributed by atoms with Gasteiger partial charge in [0.25, 0.3) is 0 Å².